The number of piperazine rings is 1. The van der Waals surface area contributed by atoms with E-state index in [2.05, 4.69) is 23.3 Å². The SMILES string of the molecule is Cc1nc2n(c1CN1CCN(C(=O)[C@H]3OCC[C@@H]3C)CC1)CCCC2. The van der Waals surface area contributed by atoms with E-state index in [1.165, 1.54) is 30.1 Å². The van der Waals surface area contributed by atoms with E-state index >= 15 is 0 Å². The molecule has 3 aliphatic heterocycles. The summed E-state index contributed by atoms with van der Waals surface area (Å²) in [6.07, 6.45) is 4.43. The molecule has 25 heavy (non-hydrogen) atoms. The molecule has 0 aliphatic carbocycles. The van der Waals surface area contributed by atoms with E-state index in [-0.39, 0.29) is 12.0 Å². The highest BCUT2D eigenvalue weighted by molar-refractivity contribution is 5.81. The second kappa shape index (κ2) is 7.08. The zero-order valence-corrected chi connectivity index (χ0v) is 15.5. The molecule has 4 rings (SSSR count). The van der Waals surface area contributed by atoms with Crippen LogP contribution in [0, 0.1) is 12.8 Å². The van der Waals surface area contributed by atoms with Crippen LogP contribution in [0.2, 0.25) is 0 Å². The molecule has 1 aromatic heterocycles. The van der Waals surface area contributed by atoms with E-state index < -0.39 is 0 Å². The summed E-state index contributed by atoms with van der Waals surface area (Å²) in [7, 11) is 0. The molecule has 0 unspecified atom stereocenters. The van der Waals surface area contributed by atoms with Crippen LogP contribution in [0.25, 0.3) is 0 Å². The van der Waals surface area contributed by atoms with Gasteiger partial charge in [0.25, 0.3) is 5.91 Å². The Morgan fingerprint density at radius 2 is 2.00 bits per heavy atom. The van der Waals surface area contributed by atoms with Gasteiger partial charge in [-0.1, -0.05) is 6.92 Å². The molecule has 0 radical (unpaired) electrons. The maximum absolute atomic E-state index is 12.6. The van der Waals surface area contributed by atoms with Gasteiger partial charge in [-0.3, -0.25) is 9.69 Å². The molecule has 0 aromatic carbocycles. The number of aryl methyl sites for hydroxylation is 2. The quantitative estimate of drug-likeness (QED) is 0.834. The van der Waals surface area contributed by atoms with E-state index in [1.54, 1.807) is 0 Å². The first-order chi connectivity index (χ1) is 12.1. The van der Waals surface area contributed by atoms with Crippen molar-refractivity contribution in [2.45, 2.75) is 58.7 Å². The van der Waals surface area contributed by atoms with Crippen LogP contribution in [-0.2, 0) is 29.0 Å². The lowest BCUT2D eigenvalue weighted by atomic mass is 10.0. The van der Waals surface area contributed by atoms with Crippen LogP contribution in [0.15, 0.2) is 0 Å². The lowest BCUT2D eigenvalue weighted by Gasteiger charge is -2.36. The van der Waals surface area contributed by atoms with Crippen LogP contribution in [-0.4, -0.2) is 64.1 Å². The van der Waals surface area contributed by atoms with Crippen molar-refractivity contribution in [3.8, 4) is 0 Å². The van der Waals surface area contributed by atoms with Crippen molar-refractivity contribution >= 4 is 5.91 Å². The summed E-state index contributed by atoms with van der Waals surface area (Å²) in [4.78, 5) is 21.9. The van der Waals surface area contributed by atoms with Crippen molar-refractivity contribution in [3.63, 3.8) is 0 Å². The van der Waals surface area contributed by atoms with Gasteiger partial charge in [0.2, 0.25) is 0 Å². The van der Waals surface area contributed by atoms with Crippen LogP contribution in [0.4, 0.5) is 0 Å². The number of rotatable bonds is 3. The van der Waals surface area contributed by atoms with Gasteiger partial charge in [0.15, 0.2) is 0 Å². The molecule has 6 nitrogen and oxygen atoms in total. The largest absolute Gasteiger partial charge is 0.368 e. The van der Waals surface area contributed by atoms with Crippen molar-refractivity contribution in [2.75, 3.05) is 32.8 Å². The first-order valence-corrected chi connectivity index (χ1v) is 9.81. The number of hydrogen-bond acceptors (Lipinski definition) is 4. The minimum atomic E-state index is -0.212. The van der Waals surface area contributed by atoms with Gasteiger partial charge < -0.3 is 14.2 Å². The number of amides is 1. The van der Waals surface area contributed by atoms with E-state index in [0.29, 0.717) is 5.92 Å². The summed E-state index contributed by atoms with van der Waals surface area (Å²) in [6.45, 7) is 10.5. The van der Waals surface area contributed by atoms with Gasteiger partial charge >= 0.3 is 0 Å². The third kappa shape index (κ3) is 3.34. The number of hydrogen-bond donors (Lipinski definition) is 0. The number of aromatic nitrogens is 2. The Kier molecular flexibility index (Phi) is 4.82. The Bertz CT molecular complexity index is 634. The number of ether oxygens (including phenoxy) is 1. The minimum absolute atomic E-state index is 0.197. The van der Waals surface area contributed by atoms with Gasteiger partial charge in [0.05, 0.1) is 11.4 Å². The highest BCUT2D eigenvalue weighted by Gasteiger charge is 2.35. The molecular weight excluding hydrogens is 316 g/mol. The third-order valence-electron chi connectivity index (χ3n) is 6.07. The third-order valence-corrected chi connectivity index (χ3v) is 6.07. The van der Waals surface area contributed by atoms with Crippen LogP contribution in [0.5, 0.6) is 0 Å². The van der Waals surface area contributed by atoms with Crippen LogP contribution in [0.3, 0.4) is 0 Å². The molecule has 1 aromatic rings. The van der Waals surface area contributed by atoms with Gasteiger partial charge in [-0.05, 0) is 32.1 Å². The monoisotopic (exact) mass is 346 g/mol. The molecule has 3 aliphatic rings. The molecule has 0 N–H and O–H groups in total. The number of carbonyl (C=O) groups excluding carboxylic acids is 1. The standard InChI is InChI=1S/C19H30N4O2/c1-14-6-12-25-18(14)19(24)22-10-8-21(9-11-22)13-16-15(2)20-17-5-3-4-7-23(16)17/h14,18H,3-13H2,1-2H3/t14-,18-/m0/s1. The lowest BCUT2D eigenvalue weighted by Crippen LogP contribution is -2.52. The maximum Gasteiger partial charge on any atom is 0.252 e. The highest BCUT2D eigenvalue weighted by Crippen LogP contribution is 2.24. The van der Waals surface area contributed by atoms with Gasteiger partial charge in [0, 0.05) is 52.3 Å². The Balaban J connectivity index is 1.35. The van der Waals surface area contributed by atoms with E-state index in [0.717, 1.165) is 58.7 Å². The summed E-state index contributed by atoms with van der Waals surface area (Å²) < 4.78 is 8.09. The molecule has 0 spiro atoms. The van der Waals surface area contributed by atoms with Crippen molar-refractivity contribution < 1.29 is 9.53 Å². The normalized spacial score (nSPS) is 27.5. The maximum atomic E-state index is 12.6. The molecule has 6 heteroatoms. The average molecular weight is 346 g/mol. The Hall–Kier alpha value is -1.40. The van der Waals surface area contributed by atoms with Crippen molar-refractivity contribution in [1.29, 1.82) is 0 Å². The average Bonchev–Trinajstić information content (AvgIpc) is 3.19. The van der Waals surface area contributed by atoms with E-state index in [4.69, 9.17) is 9.72 Å². The fraction of sp³-hybridized carbons (Fsp3) is 0.789. The van der Waals surface area contributed by atoms with Gasteiger partial charge in [-0.2, -0.15) is 0 Å². The molecule has 2 atom stereocenters. The number of nitrogens with zero attached hydrogens (tertiary/aromatic N) is 4. The fourth-order valence-corrected chi connectivity index (χ4v) is 4.41. The second-order valence-corrected chi connectivity index (χ2v) is 7.83. The molecule has 1 amide bonds. The summed E-state index contributed by atoms with van der Waals surface area (Å²) >= 11 is 0. The molecule has 2 saturated heterocycles. The van der Waals surface area contributed by atoms with Crippen molar-refractivity contribution in [1.82, 2.24) is 19.4 Å². The lowest BCUT2D eigenvalue weighted by molar-refractivity contribution is -0.144. The van der Waals surface area contributed by atoms with Gasteiger partial charge in [-0.25, -0.2) is 4.98 Å². The summed E-state index contributed by atoms with van der Waals surface area (Å²) in [6, 6.07) is 0. The minimum Gasteiger partial charge on any atom is -0.368 e. The predicted octanol–water partition coefficient (Wildman–Crippen LogP) is 1.60. The molecular formula is C19H30N4O2. The fourth-order valence-electron chi connectivity index (χ4n) is 4.41. The molecule has 0 saturated carbocycles. The zero-order valence-electron chi connectivity index (χ0n) is 15.5. The molecule has 0 bridgehead atoms. The van der Waals surface area contributed by atoms with Crippen LogP contribution >= 0.6 is 0 Å². The highest BCUT2D eigenvalue weighted by atomic mass is 16.5. The Morgan fingerprint density at radius 3 is 2.72 bits per heavy atom. The molecule has 2 fully saturated rings. The topological polar surface area (TPSA) is 50.6 Å². The number of carbonyl (C=O) groups is 1. The van der Waals surface area contributed by atoms with Gasteiger partial charge in [-0.15, -0.1) is 0 Å². The first kappa shape index (κ1) is 17.0. The summed E-state index contributed by atoms with van der Waals surface area (Å²) in [5.41, 5.74) is 2.56. The first-order valence-electron chi connectivity index (χ1n) is 9.81. The number of imidazole rings is 1. The summed E-state index contributed by atoms with van der Waals surface area (Å²) in [5, 5.41) is 0. The van der Waals surface area contributed by atoms with Crippen molar-refractivity contribution in [3.05, 3.63) is 17.2 Å². The molecule has 138 valence electrons. The van der Waals surface area contributed by atoms with Crippen LogP contribution < -0.4 is 0 Å². The number of fused-ring (bicyclic) bond motifs is 1. The second-order valence-electron chi connectivity index (χ2n) is 7.83. The zero-order chi connectivity index (χ0) is 17.4. The van der Waals surface area contributed by atoms with Crippen LogP contribution in [0.1, 0.15) is 43.4 Å². The molecule has 4 heterocycles. The van der Waals surface area contributed by atoms with Gasteiger partial charge in [0.1, 0.15) is 11.9 Å². The van der Waals surface area contributed by atoms with Crippen molar-refractivity contribution in [2.24, 2.45) is 5.92 Å². The predicted molar refractivity (Wildman–Crippen MR) is 95.3 cm³/mol. The Morgan fingerprint density at radius 1 is 1.20 bits per heavy atom. The Labute approximate surface area is 150 Å². The van der Waals surface area contributed by atoms with E-state index in [9.17, 15) is 4.79 Å². The summed E-state index contributed by atoms with van der Waals surface area (Å²) in [5.74, 6) is 1.81. The van der Waals surface area contributed by atoms with E-state index in [1.807, 2.05) is 4.90 Å². The smallest absolute Gasteiger partial charge is 0.252 e.